The Morgan fingerprint density at radius 2 is 1.21 bits per heavy atom. The molecule has 0 spiro atoms. The van der Waals surface area contributed by atoms with Gasteiger partial charge in [0.25, 0.3) is 0 Å². The fraction of sp³-hybridized carbons (Fsp3) is 1.00. The molecule has 0 amide bonds. The number of alkyl halides is 4. The van der Waals surface area contributed by atoms with Crippen LogP contribution in [0.1, 0.15) is 0 Å². The summed E-state index contributed by atoms with van der Waals surface area (Å²) in [6.07, 6.45) is -6.12. The molecule has 0 saturated carbocycles. The first-order valence-electron chi connectivity index (χ1n) is 2.45. The second-order valence-electron chi connectivity index (χ2n) is 1.94. The van der Waals surface area contributed by atoms with E-state index in [0.29, 0.717) is 0 Å². The van der Waals surface area contributed by atoms with Gasteiger partial charge in [0.2, 0.25) is 0 Å². The highest BCUT2D eigenvalue weighted by atomic mass is 33.2. The average molecular weight is 262 g/mol. The third kappa shape index (κ3) is 1.82. The van der Waals surface area contributed by atoms with Crippen LogP contribution in [0.4, 0.5) is 17.6 Å². The highest BCUT2D eigenvalue weighted by Gasteiger charge is 2.70. The fourth-order valence-corrected chi connectivity index (χ4v) is 1.94. The van der Waals surface area contributed by atoms with Gasteiger partial charge in [-0.25, -0.2) is 8.42 Å². The van der Waals surface area contributed by atoms with E-state index in [0.717, 1.165) is 0 Å². The first-order chi connectivity index (χ1) is 5.75. The van der Waals surface area contributed by atoms with Crippen molar-refractivity contribution in [1.82, 2.24) is 0 Å². The van der Waals surface area contributed by atoms with E-state index < -0.39 is 29.4 Å². The minimum absolute atomic E-state index is 6.12. The lowest BCUT2D eigenvalue weighted by atomic mass is 10.7. The molecule has 0 atom stereocenters. The molecule has 0 fully saturated rings. The highest BCUT2D eigenvalue weighted by Crippen LogP contribution is 2.38. The van der Waals surface area contributed by atoms with Crippen LogP contribution in [0.25, 0.3) is 0 Å². The maximum atomic E-state index is 12.1. The summed E-state index contributed by atoms with van der Waals surface area (Å²) in [6, 6.07) is 0. The SMILES string of the molecule is O=S(=O)(O)S(=O)(=O)C(F)(F)C(O)(F)F. The van der Waals surface area contributed by atoms with Gasteiger partial charge in [-0.15, -0.1) is 0 Å². The van der Waals surface area contributed by atoms with Gasteiger partial charge in [0.1, 0.15) is 0 Å². The summed E-state index contributed by atoms with van der Waals surface area (Å²) in [7, 11) is -13.4. The maximum absolute atomic E-state index is 12.1. The van der Waals surface area contributed by atoms with Gasteiger partial charge in [-0.2, -0.15) is 26.0 Å². The molecule has 0 aromatic carbocycles. The Kier molecular flexibility index (Phi) is 2.91. The van der Waals surface area contributed by atoms with Crippen LogP contribution in [0.15, 0.2) is 0 Å². The number of rotatable bonds is 3. The minimum atomic E-state index is -6.94. The van der Waals surface area contributed by atoms with E-state index in [2.05, 4.69) is 0 Å². The summed E-state index contributed by atoms with van der Waals surface area (Å²) in [6.45, 7) is 0. The Bertz CT molecular complexity index is 413. The molecule has 12 heteroatoms. The predicted octanol–water partition coefficient (Wildman–Crippen LogP) is -0.618. The van der Waals surface area contributed by atoms with Gasteiger partial charge in [0.05, 0.1) is 0 Å². The summed E-state index contributed by atoms with van der Waals surface area (Å²) in [5.41, 5.74) is 0. The van der Waals surface area contributed by atoms with E-state index in [1.807, 2.05) is 0 Å². The number of aliphatic hydroxyl groups is 1. The molecule has 0 bridgehead atoms. The molecule has 0 aliphatic rings. The van der Waals surface area contributed by atoms with Crippen molar-refractivity contribution < 1.29 is 44.1 Å². The normalized spacial score (nSPS) is 15.6. The molecular formula is C2H2F4O6S2. The Morgan fingerprint density at radius 3 is 1.29 bits per heavy atom. The lowest BCUT2D eigenvalue weighted by Gasteiger charge is -2.18. The summed E-state index contributed by atoms with van der Waals surface area (Å²) < 4.78 is 94.8. The largest absolute Gasteiger partial charge is 0.451 e. The van der Waals surface area contributed by atoms with Crippen molar-refractivity contribution in [2.75, 3.05) is 0 Å². The number of hydrogen-bond donors (Lipinski definition) is 2. The van der Waals surface area contributed by atoms with Crippen LogP contribution in [0, 0.1) is 0 Å². The molecule has 0 aliphatic carbocycles. The third-order valence-corrected chi connectivity index (χ3v) is 4.66. The number of halogens is 4. The average Bonchev–Trinajstić information content (AvgIpc) is 1.81. The maximum Gasteiger partial charge on any atom is 0.451 e. The zero-order valence-corrected chi connectivity index (χ0v) is 7.49. The Labute approximate surface area is 74.2 Å². The molecule has 0 unspecified atom stereocenters. The third-order valence-electron chi connectivity index (χ3n) is 0.941. The van der Waals surface area contributed by atoms with Crippen LogP contribution in [-0.4, -0.2) is 37.9 Å². The standard InChI is InChI=1S/C2H2F4O6S2/c3-1(4,7)2(5,6)13(8,9)14(10,11)12/h7H,(H,10,11,12). The quantitative estimate of drug-likeness (QED) is 0.398. The zero-order valence-electron chi connectivity index (χ0n) is 5.86. The zero-order chi connectivity index (χ0) is 12.0. The molecule has 0 aromatic rings. The van der Waals surface area contributed by atoms with E-state index in [4.69, 9.17) is 9.66 Å². The van der Waals surface area contributed by atoms with Crippen LogP contribution in [0.3, 0.4) is 0 Å². The molecule has 6 nitrogen and oxygen atoms in total. The Morgan fingerprint density at radius 1 is 0.929 bits per heavy atom. The van der Waals surface area contributed by atoms with Crippen LogP contribution >= 0.6 is 0 Å². The smallest absolute Gasteiger partial charge is 0.331 e. The second-order valence-corrected chi connectivity index (χ2v) is 6.80. The van der Waals surface area contributed by atoms with Gasteiger partial charge in [-0.05, 0) is 0 Å². The molecule has 0 aromatic heterocycles. The molecule has 86 valence electrons. The van der Waals surface area contributed by atoms with Crippen molar-refractivity contribution in [2.45, 2.75) is 11.4 Å². The number of hydrogen-bond acceptors (Lipinski definition) is 5. The van der Waals surface area contributed by atoms with E-state index in [1.165, 1.54) is 0 Å². The second kappa shape index (κ2) is 3.01. The summed E-state index contributed by atoms with van der Waals surface area (Å²) in [4.78, 5) is 0. The van der Waals surface area contributed by atoms with E-state index in [9.17, 15) is 34.4 Å². The van der Waals surface area contributed by atoms with Gasteiger partial charge in [0, 0.05) is 0 Å². The Hall–Kier alpha value is -0.460. The minimum Gasteiger partial charge on any atom is -0.331 e. The van der Waals surface area contributed by atoms with Gasteiger partial charge >= 0.3 is 29.4 Å². The van der Waals surface area contributed by atoms with Crippen LogP contribution in [-0.2, 0) is 18.0 Å². The van der Waals surface area contributed by atoms with Crippen molar-refractivity contribution in [2.24, 2.45) is 0 Å². The van der Waals surface area contributed by atoms with Gasteiger partial charge in [-0.3, -0.25) is 4.55 Å². The Balaban J connectivity index is 5.82. The predicted molar refractivity (Wildman–Crippen MR) is 32.6 cm³/mol. The monoisotopic (exact) mass is 262 g/mol. The first-order valence-corrected chi connectivity index (χ1v) is 5.89. The lowest BCUT2D eigenvalue weighted by molar-refractivity contribution is -0.290. The molecule has 0 rings (SSSR count). The molecular weight excluding hydrogens is 260 g/mol. The van der Waals surface area contributed by atoms with E-state index in [-0.39, 0.29) is 0 Å². The van der Waals surface area contributed by atoms with Crippen molar-refractivity contribution in [3.8, 4) is 0 Å². The summed E-state index contributed by atoms with van der Waals surface area (Å²) in [5.74, 6) is 0. The van der Waals surface area contributed by atoms with Gasteiger partial charge < -0.3 is 5.11 Å². The van der Waals surface area contributed by atoms with E-state index >= 15 is 0 Å². The highest BCUT2D eigenvalue weighted by molar-refractivity contribution is 8.65. The molecule has 0 aliphatic heterocycles. The van der Waals surface area contributed by atoms with E-state index in [1.54, 1.807) is 0 Å². The molecule has 0 radical (unpaired) electrons. The molecule has 14 heavy (non-hydrogen) atoms. The molecule has 2 N–H and O–H groups in total. The van der Waals surface area contributed by atoms with Crippen LogP contribution < -0.4 is 0 Å². The van der Waals surface area contributed by atoms with Crippen molar-refractivity contribution in [1.29, 1.82) is 0 Å². The topological polar surface area (TPSA) is 109 Å². The summed E-state index contributed by atoms with van der Waals surface area (Å²) >= 11 is 0. The lowest BCUT2D eigenvalue weighted by Crippen LogP contribution is -2.49. The first kappa shape index (κ1) is 13.5. The summed E-state index contributed by atoms with van der Waals surface area (Å²) in [5, 5.41) is 1.08. The van der Waals surface area contributed by atoms with Crippen molar-refractivity contribution in [3.63, 3.8) is 0 Å². The molecule has 0 saturated heterocycles. The van der Waals surface area contributed by atoms with Crippen LogP contribution in [0.2, 0.25) is 0 Å². The van der Waals surface area contributed by atoms with Crippen LogP contribution in [0.5, 0.6) is 0 Å². The van der Waals surface area contributed by atoms with Crippen molar-refractivity contribution >= 4 is 18.0 Å². The van der Waals surface area contributed by atoms with Gasteiger partial charge in [0.15, 0.2) is 0 Å². The van der Waals surface area contributed by atoms with Crippen molar-refractivity contribution in [3.05, 3.63) is 0 Å². The molecule has 0 heterocycles. The van der Waals surface area contributed by atoms with Gasteiger partial charge in [-0.1, -0.05) is 0 Å². The fourth-order valence-electron chi connectivity index (χ4n) is 0.283.